The Morgan fingerprint density at radius 3 is 0.769 bits per heavy atom. The van der Waals surface area contributed by atoms with Gasteiger partial charge in [-0.2, -0.15) is 0 Å². The summed E-state index contributed by atoms with van der Waals surface area (Å²) < 4.78 is 16.7. The van der Waals surface area contributed by atoms with Gasteiger partial charge in [-0.3, -0.25) is 14.4 Å². The van der Waals surface area contributed by atoms with E-state index in [0.717, 1.165) is 57.8 Å². The molecule has 0 aromatic rings. The van der Waals surface area contributed by atoms with Crippen LogP contribution in [-0.4, -0.2) is 37.2 Å². The van der Waals surface area contributed by atoms with Gasteiger partial charge in [0.15, 0.2) is 6.10 Å². The molecule has 0 unspecified atom stereocenters. The summed E-state index contributed by atoms with van der Waals surface area (Å²) >= 11 is 0. The molecule has 0 saturated heterocycles. The molecule has 1 atom stereocenters. The van der Waals surface area contributed by atoms with Crippen LogP contribution in [0.2, 0.25) is 0 Å². The number of carbonyl (C=O) groups is 3. The molecule has 6 heteroatoms. The Balaban J connectivity index is 4.32. The zero-order valence-electron chi connectivity index (χ0n) is 35.1. The predicted octanol–water partition coefficient (Wildman–Crippen LogP) is 14.5. The molecule has 0 amide bonds. The minimum Gasteiger partial charge on any atom is -0.462 e. The summed E-state index contributed by atoms with van der Waals surface area (Å²) in [5, 5.41) is 0. The van der Waals surface area contributed by atoms with Crippen LogP contribution >= 0.6 is 0 Å². The third-order valence-corrected chi connectivity index (χ3v) is 10.4. The van der Waals surface area contributed by atoms with E-state index in [2.05, 4.69) is 20.8 Å². The Kier molecular flexibility index (Phi) is 40.9. The lowest BCUT2D eigenvalue weighted by Crippen LogP contribution is -2.30. The van der Waals surface area contributed by atoms with Crippen molar-refractivity contribution >= 4 is 17.9 Å². The molecule has 0 aliphatic carbocycles. The normalized spacial score (nSPS) is 11.8. The molecule has 0 saturated carbocycles. The summed E-state index contributed by atoms with van der Waals surface area (Å²) in [6.45, 7) is 6.64. The maximum atomic E-state index is 12.7. The molecular formula is C46H88O6. The average molecular weight is 737 g/mol. The van der Waals surface area contributed by atoms with Crippen LogP contribution in [0.15, 0.2) is 0 Å². The van der Waals surface area contributed by atoms with E-state index in [4.69, 9.17) is 14.2 Å². The molecule has 0 N–H and O–H groups in total. The zero-order chi connectivity index (χ0) is 38.0. The molecule has 0 aliphatic rings. The van der Waals surface area contributed by atoms with Crippen LogP contribution in [0.4, 0.5) is 0 Å². The van der Waals surface area contributed by atoms with Crippen molar-refractivity contribution in [1.82, 2.24) is 0 Å². The van der Waals surface area contributed by atoms with Gasteiger partial charge in [-0.05, 0) is 19.3 Å². The summed E-state index contributed by atoms with van der Waals surface area (Å²) in [5.74, 6) is -0.852. The monoisotopic (exact) mass is 737 g/mol. The van der Waals surface area contributed by atoms with Crippen LogP contribution < -0.4 is 0 Å². The number of rotatable bonds is 42. The summed E-state index contributed by atoms with van der Waals surface area (Å²) in [5.41, 5.74) is 0. The van der Waals surface area contributed by atoms with E-state index in [1.54, 1.807) is 0 Å². The highest BCUT2D eigenvalue weighted by Gasteiger charge is 2.19. The second-order valence-electron chi connectivity index (χ2n) is 15.7. The van der Waals surface area contributed by atoms with Gasteiger partial charge >= 0.3 is 17.9 Å². The molecule has 0 bridgehead atoms. The molecule has 52 heavy (non-hydrogen) atoms. The number of hydrogen-bond donors (Lipinski definition) is 0. The van der Waals surface area contributed by atoms with Crippen LogP contribution in [-0.2, 0) is 28.6 Å². The Morgan fingerprint density at radius 2 is 0.519 bits per heavy atom. The molecule has 0 aromatic heterocycles. The first-order chi connectivity index (χ1) is 25.5. The molecule has 0 aromatic carbocycles. The zero-order valence-corrected chi connectivity index (χ0v) is 35.1. The second kappa shape index (κ2) is 42.2. The molecule has 0 heterocycles. The Morgan fingerprint density at radius 1 is 0.308 bits per heavy atom. The van der Waals surface area contributed by atoms with E-state index >= 15 is 0 Å². The fourth-order valence-electron chi connectivity index (χ4n) is 6.85. The van der Waals surface area contributed by atoms with Gasteiger partial charge in [0.25, 0.3) is 0 Å². The third-order valence-electron chi connectivity index (χ3n) is 10.4. The molecule has 0 fully saturated rings. The van der Waals surface area contributed by atoms with E-state index in [-0.39, 0.29) is 31.1 Å². The van der Waals surface area contributed by atoms with Gasteiger partial charge in [-0.15, -0.1) is 0 Å². The standard InChI is InChI=1S/C46H88O6/c1-4-7-10-13-16-19-22-25-27-30-33-36-39-45(48)51-42-43(52-46(49)40-37-34-31-28-24-21-18-15-12-9-6-3)41-50-44(47)38-35-32-29-26-23-20-17-14-11-8-5-2/h43H,4-42H2,1-3H3/t43-/m1/s1. The Bertz CT molecular complexity index is 768. The third kappa shape index (κ3) is 39.6. The topological polar surface area (TPSA) is 78.9 Å². The van der Waals surface area contributed by atoms with Gasteiger partial charge in [0, 0.05) is 19.3 Å². The highest BCUT2D eigenvalue weighted by Crippen LogP contribution is 2.16. The first kappa shape index (κ1) is 50.4. The van der Waals surface area contributed by atoms with Crippen molar-refractivity contribution in [3.63, 3.8) is 0 Å². The van der Waals surface area contributed by atoms with Crippen molar-refractivity contribution in [1.29, 1.82) is 0 Å². The largest absolute Gasteiger partial charge is 0.462 e. The van der Waals surface area contributed by atoms with E-state index in [1.807, 2.05) is 0 Å². The minimum absolute atomic E-state index is 0.0627. The van der Waals surface area contributed by atoms with Crippen LogP contribution in [0.5, 0.6) is 0 Å². The fourth-order valence-corrected chi connectivity index (χ4v) is 6.85. The molecule has 0 rings (SSSR count). The molecule has 0 aliphatic heterocycles. The number of carbonyl (C=O) groups excluding carboxylic acids is 3. The summed E-state index contributed by atoms with van der Waals surface area (Å²) in [6.07, 6.45) is 42.2. The first-order valence-corrected chi connectivity index (χ1v) is 23.0. The van der Waals surface area contributed by atoms with Crippen LogP contribution in [0.25, 0.3) is 0 Å². The number of hydrogen-bond acceptors (Lipinski definition) is 6. The lowest BCUT2D eigenvalue weighted by Gasteiger charge is -2.18. The molecule has 6 nitrogen and oxygen atoms in total. The van der Waals surface area contributed by atoms with Crippen LogP contribution in [0.1, 0.15) is 258 Å². The molecule has 0 radical (unpaired) electrons. The van der Waals surface area contributed by atoms with Crippen molar-refractivity contribution < 1.29 is 28.6 Å². The maximum absolute atomic E-state index is 12.7. The van der Waals surface area contributed by atoms with Gasteiger partial charge in [-0.25, -0.2) is 0 Å². The van der Waals surface area contributed by atoms with Crippen molar-refractivity contribution in [3.05, 3.63) is 0 Å². The van der Waals surface area contributed by atoms with Gasteiger partial charge in [0.2, 0.25) is 0 Å². The van der Waals surface area contributed by atoms with E-state index in [1.165, 1.54) is 161 Å². The fraction of sp³-hybridized carbons (Fsp3) is 0.935. The lowest BCUT2D eigenvalue weighted by atomic mass is 10.0. The summed E-state index contributed by atoms with van der Waals surface area (Å²) in [7, 11) is 0. The van der Waals surface area contributed by atoms with Crippen molar-refractivity contribution in [2.24, 2.45) is 0 Å². The highest BCUT2D eigenvalue weighted by atomic mass is 16.6. The predicted molar refractivity (Wildman–Crippen MR) is 220 cm³/mol. The van der Waals surface area contributed by atoms with Gasteiger partial charge in [0.05, 0.1) is 0 Å². The quantitative estimate of drug-likeness (QED) is 0.0353. The molecule has 308 valence electrons. The van der Waals surface area contributed by atoms with Gasteiger partial charge in [-0.1, -0.05) is 220 Å². The highest BCUT2D eigenvalue weighted by molar-refractivity contribution is 5.71. The van der Waals surface area contributed by atoms with Gasteiger partial charge in [0.1, 0.15) is 13.2 Å². The second-order valence-corrected chi connectivity index (χ2v) is 15.7. The first-order valence-electron chi connectivity index (χ1n) is 23.0. The minimum atomic E-state index is -0.757. The Hall–Kier alpha value is -1.59. The number of unbranched alkanes of at least 4 members (excludes halogenated alkanes) is 31. The number of ether oxygens (including phenoxy) is 3. The van der Waals surface area contributed by atoms with Crippen LogP contribution in [0.3, 0.4) is 0 Å². The van der Waals surface area contributed by atoms with Gasteiger partial charge < -0.3 is 14.2 Å². The lowest BCUT2D eigenvalue weighted by molar-refractivity contribution is -0.167. The van der Waals surface area contributed by atoms with E-state index in [0.29, 0.717) is 19.3 Å². The van der Waals surface area contributed by atoms with E-state index < -0.39 is 6.10 Å². The summed E-state index contributed by atoms with van der Waals surface area (Å²) in [4.78, 5) is 37.7. The van der Waals surface area contributed by atoms with Crippen molar-refractivity contribution in [2.75, 3.05) is 13.2 Å². The van der Waals surface area contributed by atoms with E-state index in [9.17, 15) is 14.4 Å². The average Bonchev–Trinajstić information content (AvgIpc) is 3.14. The summed E-state index contributed by atoms with van der Waals surface area (Å²) in [6, 6.07) is 0. The maximum Gasteiger partial charge on any atom is 0.306 e. The van der Waals surface area contributed by atoms with Crippen LogP contribution in [0, 0.1) is 0 Å². The molecule has 0 spiro atoms. The van der Waals surface area contributed by atoms with Crippen molar-refractivity contribution in [3.8, 4) is 0 Å². The number of esters is 3. The van der Waals surface area contributed by atoms with Crippen molar-refractivity contribution in [2.45, 2.75) is 264 Å². The SMILES string of the molecule is CCCCCCCCCCCCCCC(=O)OC[C@@H](COC(=O)CCCCCCCCCCCCC)OC(=O)CCCCCCCCCCCCC. The molecular weight excluding hydrogens is 648 g/mol. The Labute approximate surface area is 323 Å². The smallest absolute Gasteiger partial charge is 0.306 e.